The predicted molar refractivity (Wildman–Crippen MR) is 62.7 cm³/mol. The molecule has 0 bridgehead atoms. The van der Waals surface area contributed by atoms with E-state index in [2.05, 4.69) is 15.6 Å². The Kier molecular flexibility index (Phi) is 4.86. The van der Waals surface area contributed by atoms with Gasteiger partial charge in [-0.1, -0.05) is 6.92 Å². The fourth-order valence-electron chi connectivity index (χ4n) is 1.18. The molecule has 0 spiro atoms. The topological polar surface area (TPSA) is 97.2 Å². The van der Waals surface area contributed by atoms with Crippen LogP contribution in [0.5, 0.6) is 0 Å². The van der Waals surface area contributed by atoms with Crippen molar-refractivity contribution in [3.63, 3.8) is 0 Å². The third kappa shape index (κ3) is 4.06. The summed E-state index contributed by atoms with van der Waals surface area (Å²) in [5.41, 5.74) is 0.146. The van der Waals surface area contributed by atoms with Crippen molar-refractivity contribution >= 4 is 17.3 Å². The molecular weight excluding hydrogens is 224 g/mol. The first-order valence-electron chi connectivity index (χ1n) is 5.24. The monoisotopic (exact) mass is 238 g/mol. The summed E-state index contributed by atoms with van der Waals surface area (Å²) in [6, 6.07) is 1.46. The number of nitrogens with zero attached hydrogens (tertiary/aromatic N) is 2. The number of anilines is 1. The number of aromatic nitrogens is 1. The lowest BCUT2D eigenvalue weighted by molar-refractivity contribution is -0.384. The highest BCUT2D eigenvalue weighted by Gasteiger charge is 2.13. The Bertz CT molecular complexity index is 408. The molecule has 7 nitrogen and oxygen atoms in total. The molecule has 17 heavy (non-hydrogen) atoms. The van der Waals surface area contributed by atoms with Crippen LogP contribution < -0.4 is 10.6 Å². The number of carbonyl (C=O) groups excluding carboxylic acids is 1. The molecule has 0 fully saturated rings. The van der Waals surface area contributed by atoms with Gasteiger partial charge in [0, 0.05) is 12.7 Å². The van der Waals surface area contributed by atoms with Crippen LogP contribution in [0.25, 0.3) is 0 Å². The Morgan fingerprint density at radius 2 is 2.35 bits per heavy atom. The first-order chi connectivity index (χ1) is 8.15. The Labute approximate surface area is 98.4 Å². The summed E-state index contributed by atoms with van der Waals surface area (Å²) >= 11 is 0. The summed E-state index contributed by atoms with van der Waals surface area (Å²) in [7, 11) is 0. The van der Waals surface area contributed by atoms with E-state index < -0.39 is 4.92 Å². The second kappa shape index (κ2) is 6.41. The number of hydrogen-bond donors (Lipinski definition) is 2. The highest BCUT2D eigenvalue weighted by Crippen LogP contribution is 2.21. The van der Waals surface area contributed by atoms with Crippen LogP contribution in [0, 0.1) is 10.1 Å². The van der Waals surface area contributed by atoms with Crippen molar-refractivity contribution in [1.82, 2.24) is 10.3 Å². The summed E-state index contributed by atoms with van der Waals surface area (Å²) < 4.78 is 0. The van der Waals surface area contributed by atoms with E-state index >= 15 is 0 Å². The van der Waals surface area contributed by atoms with Gasteiger partial charge in [-0.15, -0.1) is 0 Å². The van der Waals surface area contributed by atoms with E-state index in [1.807, 2.05) is 6.92 Å². The van der Waals surface area contributed by atoms with Gasteiger partial charge in [0.25, 0.3) is 0 Å². The molecule has 1 aromatic heterocycles. The molecule has 0 aliphatic carbocycles. The maximum atomic E-state index is 11.3. The Hall–Kier alpha value is -2.18. The van der Waals surface area contributed by atoms with E-state index in [1.54, 1.807) is 0 Å². The molecule has 0 aliphatic heterocycles. The van der Waals surface area contributed by atoms with Gasteiger partial charge in [-0.05, 0) is 12.5 Å². The minimum atomic E-state index is -0.542. The molecule has 0 radical (unpaired) electrons. The highest BCUT2D eigenvalue weighted by molar-refractivity contribution is 5.81. The van der Waals surface area contributed by atoms with Crippen molar-refractivity contribution in [3.05, 3.63) is 28.6 Å². The van der Waals surface area contributed by atoms with Crippen molar-refractivity contribution in [3.8, 4) is 0 Å². The zero-order valence-electron chi connectivity index (χ0n) is 9.47. The molecule has 92 valence electrons. The normalized spacial score (nSPS) is 9.71. The van der Waals surface area contributed by atoms with Gasteiger partial charge in [0.05, 0.1) is 11.5 Å². The molecule has 1 heterocycles. The van der Waals surface area contributed by atoms with Crippen LogP contribution in [-0.4, -0.2) is 28.9 Å². The largest absolute Gasteiger partial charge is 0.370 e. The van der Waals surface area contributed by atoms with Gasteiger partial charge in [-0.2, -0.15) is 0 Å². The standard InChI is InChI=1S/C10H14N4O3/c1-2-4-12-10(15)7-13-8-3-5-11-6-9(8)14(16)17/h3,5-6H,2,4,7H2,1H3,(H,11,13)(H,12,15). The lowest BCUT2D eigenvalue weighted by Gasteiger charge is -2.06. The van der Waals surface area contributed by atoms with Crippen LogP contribution in [0.3, 0.4) is 0 Å². The number of rotatable bonds is 6. The quantitative estimate of drug-likeness (QED) is 0.567. The molecule has 2 N–H and O–H groups in total. The smallest absolute Gasteiger partial charge is 0.310 e. The van der Waals surface area contributed by atoms with E-state index in [0.29, 0.717) is 6.54 Å². The summed E-state index contributed by atoms with van der Waals surface area (Å²) in [5, 5.41) is 16.0. The van der Waals surface area contributed by atoms with Crippen LogP contribution in [0.1, 0.15) is 13.3 Å². The van der Waals surface area contributed by atoms with Gasteiger partial charge in [-0.25, -0.2) is 0 Å². The van der Waals surface area contributed by atoms with Crippen molar-refractivity contribution in [2.24, 2.45) is 0 Å². The van der Waals surface area contributed by atoms with Crippen LogP contribution in [0.15, 0.2) is 18.5 Å². The first-order valence-corrected chi connectivity index (χ1v) is 5.24. The molecule has 1 amide bonds. The molecular formula is C10H14N4O3. The summed E-state index contributed by atoms with van der Waals surface area (Å²) in [5.74, 6) is -0.196. The van der Waals surface area contributed by atoms with Gasteiger partial charge in [-0.3, -0.25) is 19.9 Å². The second-order valence-electron chi connectivity index (χ2n) is 3.35. The predicted octanol–water partition coefficient (Wildman–Crippen LogP) is 0.928. The summed E-state index contributed by atoms with van der Waals surface area (Å²) in [4.78, 5) is 25.1. The first kappa shape index (κ1) is 12.9. The van der Waals surface area contributed by atoms with Crippen LogP contribution in [-0.2, 0) is 4.79 Å². The van der Waals surface area contributed by atoms with Crippen LogP contribution >= 0.6 is 0 Å². The molecule has 0 saturated carbocycles. The van der Waals surface area contributed by atoms with Gasteiger partial charge < -0.3 is 10.6 Å². The van der Waals surface area contributed by atoms with E-state index in [-0.39, 0.29) is 23.8 Å². The zero-order valence-corrected chi connectivity index (χ0v) is 9.47. The van der Waals surface area contributed by atoms with Gasteiger partial charge in [0.2, 0.25) is 5.91 Å². The lowest BCUT2D eigenvalue weighted by Crippen LogP contribution is -2.30. The molecule has 0 unspecified atom stereocenters. The fourth-order valence-corrected chi connectivity index (χ4v) is 1.18. The van der Waals surface area contributed by atoms with Gasteiger partial charge in [0.15, 0.2) is 0 Å². The minimum Gasteiger partial charge on any atom is -0.370 e. The number of hydrogen-bond acceptors (Lipinski definition) is 5. The number of nitro groups is 1. The zero-order chi connectivity index (χ0) is 12.7. The second-order valence-corrected chi connectivity index (χ2v) is 3.35. The van der Waals surface area contributed by atoms with Crippen molar-refractivity contribution in [2.75, 3.05) is 18.4 Å². The van der Waals surface area contributed by atoms with Crippen LogP contribution in [0.4, 0.5) is 11.4 Å². The number of amides is 1. The Morgan fingerprint density at radius 3 is 3.00 bits per heavy atom. The van der Waals surface area contributed by atoms with E-state index in [4.69, 9.17) is 0 Å². The number of pyridine rings is 1. The molecule has 0 atom stereocenters. The van der Waals surface area contributed by atoms with E-state index in [0.717, 1.165) is 12.6 Å². The average molecular weight is 238 g/mol. The molecule has 1 aromatic rings. The minimum absolute atomic E-state index is 0.00481. The average Bonchev–Trinajstić information content (AvgIpc) is 2.34. The Morgan fingerprint density at radius 1 is 1.59 bits per heavy atom. The highest BCUT2D eigenvalue weighted by atomic mass is 16.6. The Balaban J connectivity index is 2.57. The van der Waals surface area contributed by atoms with Gasteiger partial charge in [0.1, 0.15) is 11.9 Å². The van der Waals surface area contributed by atoms with Crippen molar-refractivity contribution < 1.29 is 9.72 Å². The number of nitrogens with one attached hydrogen (secondary N) is 2. The third-order valence-electron chi connectivity index (χ3n) is 2.01. The number of carbonyl (C=O) groups is 1. The van der Waals surface area contributed by atoms with E-state index in [1.165, 1.54) is 12.3 Å². The van der Waals surface area contributed by atoms with Crippen LogP contribution in [0.2, 0.25) is 0 Å². The molecule has 0 saturated heterocycles. The molecule has 1 rings (SSSR count). The van der Waals surface area contributed by atoms with Gasteiger partial charge >= 0.3 is 5.69 Å². The summed E-state index contributed by atoms with van der Waals surface area (Å²) in [6.45, 7) is 2.55. The molecule has 0 aliphatic rings. The SMILES string of the molecule is CCCNC(=O)CNc1ccncc1[N+](=O)[O-]. The summed E-state index contributed by atoms with van der Waals surface area (Å²) in [6.07, 6.45) is 3.42. The maximum Gasteiger partial charge on any atom is 0.310 e. The lowest BCUT2D eigenvalue weighted by atomic mass is 10.3. The molecule has 0 aromatic carbocycles. The van der Waals surface area contributed by atoms with Crippen molar-refractivity contribution in [1.29, 1.82) is 0 Å². The fraction of sp³-hybridized carbons (Fsp3) is 0.400. The third-order valence-corrected chi connectivity index (χ3v) is 2.01. The van der Waals surface area contributed by atoms with E-state index in [9.17, 15) is 14.9 Å². The maximum absolute atomic E-state index is 11.3. The molecule has 7 heteroatoms. The van der Waals surface area contributed by atoms with Crippen molar-refractivity contribution in [2.45, 2.75) is 13.3 Å².